The molecule has 3 rings (SSSR count). The number of hydrogen-bond donors (Lipinski definition) is 0. The Kier molecular flexibility index (Phi) is 11.2. The van der Waals surface area contributed by atoms with Gasteiger partial charge in [-0.1, -0.05) is 0 Å². The number of likely N-dealkylation sites (tertiary alicyclic amines) is 1. The van der Waals surface area contributed by atoms with Crippen LogP contribution in [0.5, 0.6) is 0 Å². The summed E-state index contributed by atoms with van der Waals surface area (Å²) in [6.45, 7) is 5.65. The molecule has 0 aromatic heterocycles. The van der Waals surface area contributed by atoms with Crippen molar-refractivity contribution in [3.05, 3.63) is 71.2 Å². The van der Waals surface area contributed by atoms with Crippen LogP contribution >= 0.6 is 7.60 Å². The van der Waals surface area contributed by atoms with Crippen LogP contribution in [0.15, 0.2) is 71.2 Å². The zero-order valence-corrected chi connectivity index (χ0v) is 25.6. The summed E-state index contributed by atoms with van der Waals surface area (Å²) in [5.74, 6) is -0.900. The number of β-lactam (4-membered cyclic amide) rings is 1. The van der Waals surface area contributed by atoms with Gasteiger partial charge in [-0.25, -0.2) is 0 Å². The van der Waals surface area contributed by atoms with E-state index < -0.39 is 39.1 Å². The summed E-state index contributed by atoms with van der Waals surface area (Å²) < 4.78 is 36.7. The molecule has 2 aromatic rings. The molecule has 1 fully saturated rings. The number of benzene rings is 2. The fraction of sp³-hybridized carbons (Fsp3) is 0.385. The van der Waals surface area contributed by atoms with E-state index in [-0.39, 0.29) is 47.0 Å². The topological polar surface area (TPSA) is 91.4 Å². The molecule has 1 saturated heterocycles. The second kappa shape index (κ2) is 13.9. The standard InChI is InChI=1S/C26H32NO7PSe2/c1-5-32-25(29)22(18-36-20-14-10-8-11-15-20)26(37-21-16-12-9-13-17-21)23(31-4)24(28)27(26)19-35(30,33-6-2)34-7-3/h8-18,23H,5-7,19H2,1-4H3/b22-18+. The Morgan fingerprint density at radius 2 is 1.54 bits per heavy atom. The molecule has 8 nitrogen and oxygen atoms in total. The van der Waals surface area contributed by atoms with E-state index in [0.29, 0.717) is 5.57 Å². The minimum atomic E-state index is -3.68. The predicted molar refractivity (Wildman–Crippen MR) is 144 cm³/mol. The fourth-order valence-corrected chi connectivity index (χ4v) is 11.1. The molecule has 0 spiro atoms. The molecule has 2 aromatic carbocycles. The predicted octanol–water partition coefficient (Wildman–Crippen LogP) is 2.27. The van der Waals surface area contributed by atoms with Crippen molar-refractivity contribution in [3.63, 3.8) is 0 Å². The molecule has 1 amide bonds. The number of rotatable bonds is 14. The second-order valence-electron chi connectivity index (χ2n) is 7.76. The summed E-state index contributed by atoms with van der Waals surface area (Å²) in [6, 6.07) is 19.4. The van der Waals surface area contributed by atoms with Crippen molar-refractivity contribution in [2.24, 2.45) is 0 Å². The third-order valence-corrected chi connectivity index (χ3v) is 12.3. The van der Waals surface area contributed by atoms with Gasteiger partial charge >= 0.3 is 232 Å². The Hall–Kier alpha value is -1.73. The molecule has 0 saturated carbocycles. The van der Waals surface area contributed by atoms with Gasteiger partial charge in [0.15, 0.2) is 0 Å². The molecule has 200 valence electrons. The number of carbonyl (C=O) groups excluding carboxylic acids is 2. The maximum atomic E-state index is 13.6. The summed E-state index contributed by atoms with van der Waals surface area (Å²) in [5, 5.41) is 0. The Balaban J connectivity index is 2.18. The molecule has 37 heavy (non-hydrogen) atoms. The van der Waals surface area contributed by atoms with Crippen molar-refractivity contribution in [2.45, 2.75) is 31.3 Å². The number of nitrogens with zero attached hydrogens (tertiary/aromatic N) is 1. The quantitative estimate of drug-likeness (QED) is 0.101. The Morgan fingerprint density at radius 3 is 2.05 bits per heavy atom. The summed E-state index contributed by atoms with van der Waals surface area (Å²) in [7, 11) is -2.23. The van der Waals surface area contributed by atoms with Gasteiger partial charge in [0.1, 0.15) is 0 Å². The normalized spacial score (nSPS) is 20.0. The summed E-state index contributed by atoms with van der Waals surface area (Å²) in [5.41, 5.74) is 0.327. The van der Waals surface area contributed by atoms with E-state index in [1.54, 1.807) is 20.8 Å². The van der Waals surface area contributed by atoms with E-state index in [9.17, 15) is 14.2 Å². The third-order valence-electron chi connectivity index (χ3n) is 5.40. The molecule has 2 atom stereocenters. The van der Waals surface area contributed by atoms with Crippen molar-refractivity contribution in [1.82, 2.24) is 4.90 Å². The first-order valence-corrected chi connectivity index (χ1v) is 17.2. The number of amides is 1. The molecule has 11 heteroatoms. The van der Waals surface area contributed by atoms with Crippen molar-refractivity contribution >= 4 is 58.3 Å². The molecular weight excluding hydrogens is 627 g/mol. The Labute approximate surface area is 230 Å². The maximum absolute atomic E-state index is 13.6. The van der Waals surface area contributed by atoms with Crippen molar-refractivity contribution in [1.29, 1.82) is 0 Å². The van der Waals surface area contributed by atoms with Gasteiger partial charge in [-0.05, 0) is 0 Å². The molecule has 0 bridgehead atoms. The van der Waals surface area contributed by atoms with Gasteiger partial charge in [0.25, 0.3) is 0 Å². The first-order chi connectivity index (χ1) is 17.8. The number of esters is 1. The third kappa shape index (κ3) is 6.83. The fourth-order valence-electron chi connectivity index (χ4n) is 3.90. The van der Waals surface area contributed by atoms with Gasteiger partial charge in [-0.2, -0.15) is 0 Å². The van der Waals surface area contributed by atoms with E-state index in [0.717, 1.165) is 8.92 Å². The van der Waals surface area contributed by atoms with Gasteiger partial charge in [-0.3, -0.25) is 0 Å². The van der Waals surface area contributed by atoms with Crippen LogP contribution < -0.4 is 8.92 Å². The average molecular weight is 659 g/mol. The van der Waals surface area contributed by atoms with E-state index in [1.165, 1.54) is 12.0 Å². The van der Waals surface area contributed by atoms with E-state index >= 15 is 0 Å². The number of methoxy groups -OCH3 is 1. The van der Waals surface area contributed by atoms with E-state index in [2.05, 4.69) is 0 Å². The molecule has 1 aliphatic rings. The minimum absolute atomic E-state index is 0.154. The molecule has 0 radical (unpaired) electrons. The molecular formula is C26H32NO7PSe2. The van der Waals surface area contributed by atoms with Crippen molar-refractivity contribution < 1.29 is 32.7 Å². The van der Waals surface area contributed by atoms with Crippen LogP contribution in [-0.4, -0.2) is 90.4 Å². The summed E-state index contributed by atoms with van der Waals surface area (Å²) in [4.78, 5) is 30.3. The Bertz CT molecular complexity index is 1120. The molecule has 2 unspecified atom stereocenters. The van der Waals surface area contributed by atoms with Crippen LogP contribution in [0.25, 0.3) is 0 Å². The van der Waals surface area contributed by atoms with Crippen LogP contribution in [0.1, 0.15) is 20.8 Å². The molecule has 1 aliphatic heterocycles. The van der Waals surface area contributed by atoms with Crippen LogP contribution in [0.4, 0.5) is 0 Å². The average Bonchev–Trinajstić information content (AvgIpc) is 2.89. The van der Waals surface area contributed by atoms with Gasteiger partial charge in [0.2, 0.25) is 0 Å². The molecule has 0 N–H and O–H groups in total. The molecule has 1 heterocycles. The van der Waals surface area contributed by atoms with Crippen LogP contribution in [0, 0.1) is 0 Å². The van der Waals surface area contributed by atoms with Gasteiger partial charge in [-0.15, -0.1) is 0 Å². The van der Waals surface area contributed by atoms with Gasteiger partial charge < -0.3 is 0 Å². The van der Waals surface area contributed by atoms with Crippen LogP contribution in [-0.2, 0) is 32.7 Å². The SMILES string of the molecule is CCOC(=O)/C(=C\[Se]c1ccccc1)C1([Se]c2ccccc2)C(OC)C(=O)N1CP(=O)(OCC)OCC. The van der Waals surface area contributed by atoms with Crippen LogP contribution in [0.3, 0.4) is 0 Å². The van der Waals surface area contributed by atoms with Crippen molar-refractivity contribution in [3.8, 4) is 0 Å². The number of hydrogen-bond acceptors (Lipinski definition) is 7. The summed E-state index contributed by atoms with van der Waals surface area (Å²) in [6.07, 6.45) is -1.25. The first-order valence-electron chi connectivity index (χ1n) is 11.9. The Morgan fingerprint density at radius 1 is 0.973 bits per heavy atom. The zero-order chi connectivity index (χ0) is 26.9. The van der Waals surface area contributed by atoms with Crippen LogP contribution in [0.2, 0.25) is 0 Å². The van der Waals surface area contributed by atoms with Gasteiger partial charge in [0, 0.05) is 0 Å². The molecule has 0 aliphatic carbocycles. The second-order valence-corrected chi connectivity index (χ2v) is 14.5. The first kappa shape index (κ1) is 29.8. The number of ether oxygens (including phenoxy) is 2. The number of carbonyl (C=O) groups is 2. The van der Waals surface area contributed by atoms with Crippen molar-refractivity contribution in [2.75, 3.05) is 33.2 Å². The monoisotopic (exact) mass is 661 g/mol. The zero-order valence-electron chi connectivity index (χ0n) is 21.3. The van der Waals surface area contributed by atoms with E-state index in [1.807, 2.05) is 65.6 Å². The van der Waals surface area contributed by atoms with E-state index in [4.69, 9.17) is 18.5 Å². The van der Waals surface area contributed by atoms with Gasteiger partial charge in [0.05, 0.1) is 0 Å². The summed E-state index contributed by atoms with van der Waals surface area (Å²) >= 11 is -0.757.